The molecule has 2 atom stereocenters. The van der Waals surface area contributed by atoms with E-state index in [1.54, 1.807) is 0 Å². The largest absolute Gasteiger partial charge is 0.242 e. The number of halogens is 3. The van der Waals surface area contributed by atoms with Crippen molar-refractivity contribution >= 4 is 58.8 Å². The summed E-state index contributed by atoms with van der Waals surface area (Å²) in [4.78, 5) is 0. The van der Waals surface area contributed by atoms with Crippen molar-refractivity contribution in [3.63, 3.8) is 0 Å². The monoisotopic (exact) mass is 473 g/mol. The Labute approximate surface area is 143 Å². The summed E-state index contributed by atoms with van der Waals surface area (Å²) in [6.45, 7) is 7.88. The minimum Gasteiger partial charge on any atom is -0.242 e. The van der Waals surface area contributed by atoms with Gasteiger partial charge < -0.3 is 0 Å². The molecule has 0 aromatic heterocycles. The molecule has 0 radical (unpaired) electrons. The zero-order valence-electron chi connectivity index (χ0n) is 11.3. The van der Waals surface area contributed by atoms with Gasteiger partial charge in [0.1, 0.15) is 0 Å². The van der Waals surface area contributed by atoms with Crippen molar-refractivity contribution in [3.05, 3.63) is 35.4 Å². The Bertz CT molecular complexity index is 448. The molecular weight excluding hydrogens is 458 g/mol. The van der Waals surface area contributed by atoms with E-state index in [-0.39, 0.29) is 10.8 Å². The lowest BCUT2D eigenvalue weighted by Crippen LogP contribution is -2.40. The summed E-state index contributed by atoms with van der Waals surface area (Å²) in [5, 5.41) is 0. The molecule has 2 nitrogen and oxygen atoms in total. The molecule has 0 spiro atoms. The highest BCUT2D eigenvalue weighted by Gasteiger charge is 2.35. The lowest BCUT2D eigenvalue weighted by atomic mass is 10.1. The van der Waals surface area contributed by atoms with Crippen LogP contribution in [0.4, 0.5) is 0 Å². The fraction of sp³-hybridized carbons (Fsp3) is 0.538. The summed E-state index contributed by atoms with van der Waals surface area (Å²) >= 11 is 10.6. The highest BCUT2D eigenvalue weighted by Crippen LogP contribution is 2.45. The number of hydrogen-bond donors (Lipinski definition) is 1. The summed E-state index contributed by atoms with van der Waals surface area (Å²) in [5.41, 5.74) is 2.25. The van der Waals surface area contributed by atoms with E-state index in [1.165, 1.54) is 5.56 Å². The Kier molecular flexibility index (Phi) is 6.27. The van der Waals surface area contributed by atoms with Crippen LogP contribution in [-0.4, -0.2) is 11.1 Å². The van der Waals surface area contributed by atoms with Crippen LogP contribution in [0.15, 0.2) is 24.3 Å². The minimum atomic E-state index is -1.16. The molecule has 0 amide bonds. The zero-order chi connectivity index (χ0) is 14.8. The van der Waals surface area contributed by atoms with E-state index in [4.69, 9.17) is 0 Å². The molecule has 1 aromatic rings. The second-order valence-corrected chi connectivity index (χ2v) is 14.3. The van der Waals surface area contributed by atoms with Crippen LogP contribution in [0, 0.1) is 6.92 Å². The molecule has 1 rings (SSSR count). The van der Waals surface area contributed by atoms with Crippen molar-refractivity contribution in [2.45, 2.75) is 40.6 Å². The van der Waals surface area contributed by atoms with Crippen molar-refractivity contribution in [3.8, 4) is 0 Å². The molecule has 1 N–H and O–H groups in total. The fourth-order valence-electron chi connectivity index (χ4n) is 1.37. The van der Waals surface area contributed by atoms with Gasteiger partial charge in [-0.1, -0.05) is 77.6 Å². The maximum atomic E-state index is 12.3. The summed E-state index contributed by atoms with van der Waals surface area (Å²) in [6, 6.07) is 7.98. The van der Waals surface area contributed by atoms with Crippen LogP contribution >= 0.6 is 47.8 Å². The maximum absolute atomic E-state index is 12.3. The Morgan fingerprint density at radius 1 is 1.11 bits per heavy atom. The van der Waals surface area contributed by atoms with Crippen LogP contribution in [0.5, 0.6) is 0 Å². The predicted molar refractivity (Wildman–Crippen MR) is 94.5 cm³/mol. The van der Waals surface area contributed by atoms with E-state index in [2.05, 4.69) is 52.5 Å². The van der Waals surface area contributed by atoms with E-state index in [0.29, 0.717) is 0 Å². The predicted octanol–water partition coefficient (Wildman–Crippen LogP) is 4.93. The van der Waals surface area contributed by atoms with Gasteiger partial charge in [0.15, 0.2) is 2.14 Å². The van der Waals surface area contributed by atoms with Crippen LogP contribution in [0.1, 0.15) is 37.9 Å². The third-order valence-electron chi connectivity index (χ3n) is 2.52. The smallest absolute Gasteiger partial charge is 0.155 e. The van der Waals surface area contributed by atoms with Gasteiger partial charge in [-0.05, 0) is 33.3 Å². The Morgan fingerprint density at radius 3 is 1.95 bits per heavy atom. The van der Waals surface area contributed by atoms with E-state index in [0.717, 1.165) is 5.56 Å². The number of aryl methyl sites for hydroxylation is 1. The first-order valence-corrected chi connectivity index (χ1v) is 9.36. The lowest BCUT2D eigenvalue weighted by Gasteiger charge is -2.30. The number of alkyl halides is 3. The van der Waals surface area contributed by atoms with Crippen molar-refractivity contribution < 1.29 is 4.21 Å². The first-order valence-electron chi connectivity index (χ1n) is 5.83. The van der Waals surface area contributed by atoms with Gasteiger partial charge in [-0.15, -0.1) is 0 Å². The normalized spacial score (nSPS) is 16.2. The van der Waals surface area contributed by atoms with Crippen LogP contribution in [0.25, 0.3) is 0 Å². The second kappa shape index (κ2) is 6.69. The highest BCUT2D eigenvalue weighted by atomic mass is 80.0. The topological polar surface area (TPSA) is 29.1 Å². The summed E-state index contributed by atoms with van der Waals surface area (Å²) in [5.74, 6) is 0. The molecule has 0 heterocycles. The van der Waals surface area contributed by atoms with Crippen molar-refractivity contribution in [2.75, 3.05) is 0 Å². The Balaban J connectivity index is 3.04. The molecule has 1 unspecified atom stereocenters. The Hall–Kier alpha value is 0.770. The maximum Gasteiger partial charge on any atom is 0.155 e. The van der Waals surface area contributed by atoms with E-state index >= 15 is 0 Å². The quantitative estimate of drug-likeness (QED) is 0.617. The number of nitrogens with one attached hydrogen (secondary N) is 1. The van der Waals surface area contributed by atoms with Gasteiger partial charge in [-0.2, -0.15) is 0 Å². The summed E-state index contributed by atoms with van der Waals surface area (Å²) in [7, 11) is -1.16. The molecule has 0 aliphatic carbocycles. The van der Waals surface area contributed by atoms with Gasteiger partial charge in [0, 0.05) is 0 Å². The number of hydrogen-bond acceptors (Lipinski definition) is 1. The summed E-state index contributed by atoms with van der Waals surface area (Å²) in [6.07, 6.45) is 0. The third-order valence-corrected chi connectivity index (χ3v) is 5.45. The van der Waals surface area contributed by atoms with E-state index in [1.807, 2.05) is 52.0 Å². The van der Waals surface area contributed by atoms with Gasteiger partial charge in [-0.3, -0.25) is 0 Å². The Morgan fingerprint density at radius 2 is 1.58 bits per heavy atom. The first-order chi connectivity index (χ1) is 8.51. The molecule has 0 saturated heterocycles. The summed E-state index contributed by atoms with van der Waals surface area (Å²) < 4.78 is 14.6. The van der Waals surface area contributed by atoms with Gasteiger partial charge in [0.25, 0.3) is 0 Å². The highest BCUT2D eigenvalue weighted by molar-refractivity contribution is 9.39. The van der Waals surface area contributed by atoms with Gasteiger partial charge in [0.2, 0.25) is 0 Å². The second-order valence-electron chi connectivity index (χ2n) is 5.38. The van der Waals surface area contributed by atoms with Crippen LogP contribution in [-0.2, 0) is 11.0 Å². The molecular formula is C13H18Br3NOS. The van der Waals surface area contributed by atoms with Crippen molar-refractivity contribution in [1.29, 1.82) is 0 Å². The molecule has 0 fully saturated rings. The van der Waals surface area contributed by atoms with Crippen molar-refractivity contribution in [1.82, 2.24) is 4.72 Å². The number of rotatable bonds is 3. The molecule has 6 heteroatoms. The molecule has 19 heavy (non-hydrogen) atoms. The molecule has 0 saturated carbocycles. The van der Waals surface area contributed by atoms with Gasteiger partial charge in [0.05, 0.1) is 21.8 Å². The van der Waals surface area contributed by atoms with Crippen LogP contribution < -0.4 is 4.72 Å². The SMILES string of the molecule is Cc1ccc([C@H](NS(=O)C(C)(C)C)C(Br)(Br)Br)cc1. The average Bonchev–Trinajstić information content (AvgIpc) is 2.24. The number of benzene rings is 1. The fourth-order valence-corrected chi connectivity index (χ4v) is 3.84. The van der Waals surface area contributed by atoms with Gasteiger partial charge >= 0.3 is 0 Å². The lowest BCUT2D eigenvalue weighted by molar-refractivity contribution is 0.612. The molecule has 0 aliphatic rings. The molecule has 1 aromatic carbocycles. The molecule has 108 valence electrons. The van der Waals surface area contributed by atoms with Crippen LogP contribution in [0.2, 0.25) is 0 Å². The van der Waals surface area contributed by atoms with Crippen molar-refractivity contribution in [2.24, 2.45) is 0 Å². The van der Waals surface area contributed by atoms with Gasteiger partial charge in [-0.25, -0.2) is 8.93 Å². The standard InChI is InChI=1S/C13H18Br3NOS/c1-9-5-7-10(8-6-9)11(13(14,15)16)17-19(18)12(2,3)4/h5-8,11,17H,1-4H3/t11-,19?/m0/s1. The average molecular weight is 476 g/mol. The van der Waals surface area contributed by atoms with E-state index in [9.17, 15) is 4.21 Å². The molecule has 0 aliphatic heterocycles. The third kappa shape index (κ3) is 5.58. The van der Waals surface area contributed by atoms with E-state index < -0.39 is 13.1 Å². The first kappa shape index (κ1) is 17.8. The minimum absolute atomic E-state index is 0.173. The molecule has 0 bridgehead atoms. The zero-order valence-corrected chi connectivity index (χ0v) is 16.9. The van der Waals surface area contributed by atoms with Crippen LogP contribution in [0.3, 0.4) is 0 Å².